The molecule has 1 saturated heterocycles. The first-order valence-electron chi connectivity index (χ1n) is 9.14. The highest BCUT2D eigenvalue weighted by Gasteiger charge is 2.18. The number of furan rings is 1. The topological polar surface area (TPSA) is 54.7 Å². The summed E-state index contributed by atoms with van der Waals surface area (Å²) >= 11 is 0. The fraction of sp³-hybridized carbons (Fsp3) is 0.550. The van der Waals surface area contributed by atoms with Gasteiger partial charge in [-0.25, -0.2) is 0 Å². The number of hydrogen-bond acceptors (Lipinski definition) is 4. The number of carbonyl (C=O) groups is 1. The Morgan fingerprint density at radius 2 is 2.04 bits per heavy atom. The number of amides is 1. The lowest BCUT2D eigenvalue weighted by atomic mass is 10.0. The molecule has 0 radical (unpaired) electrons. The number of carbonyl (C=O) groups excluding carboxylic acids is 1. The van der Waals surface area contributed by atoms with Gasteiger partial charge in [-0.3, -0.25) is 9.69 Å². The fourth-order valence-corrected chi connectivity index (χ4v) is 3.35. The van der Waals surface area contributed by atoms with Crippen LogP contribution in [0.25, 0.3) is 11.0 Å². The third-order valence-electron chi connectivity index (χ3n) is 5.13. The Kier molecular flexibility index (Phi) is 5.76. The largest absolute Gasteiger partial charge is 0.464 e. The molecule has 0 spiro atoms. The van der Waals surface area contributed by atoms with E-state index in [1.807, 2.05) is 0 Å². The molecule has 1 aromatic carbocycles. The van der Waals surface area contributed by atoms with Crippen LogP contribution in [0.1, 0.15) is 30.0 Å². The van der Waals surface area contributed by atoms with Crippen molar-refractivity contribution in [1.82, 2.24) is 10.2 Å². The van der Waals surface area contributed by atoms with Gasteiger partial charge in [-0.1, -0.05) is 19.1 Å². The van der Waals surface area contributed by atoms with Crippen LogP contribution in [0.15, 0.2) is 22.8 Å². The van der Waals surface area contributed by atoms with Gasteiger partial charge < -0.3 is 14.5 Å². The summed E-state index contributed by atoms with van der Waals surface area (Å²) in [6, 6.07) is 4.31. The first-order valence-corrected chi connectivity index (χ1v) is 9.14. The molecule has 1 N–H and O–H groups in total. The number of benzene rings is 1. The SMILES string of the molecule is CC[C@H](CN1CCOCC1)NC(=O)Cc1coc2c(C)c(C)ccc12. The number of nitrogens with one attached hydrogen (secondary N) is 1. The molecule has 5 nitrogen and oxygen atoms in total. The van der Waals surface area contributed by atoms with E-state index in [0.717, 1.165) is 61.4 Å². The van der Waals surface area contributed by atoms with E-state index in [0.29, 0.717) is 6.42 Å². The monoisotopic (exact) mass is 344 g/mol. The summed E-state index contributed by atoms with van der Waals surface area (Å²) in [6.45, 7) is 10.6. The Morgan fingerprint density at radius 1 is 1.28 bits per heavy atom. The second-order valence-corrected chi connectivity index (χ2v) is 6.91. The molecule has 1 amide bonds. The van der Waals surface area contributed by atoms with Crippen molar-refractivity contribution in [2.24, 2.45) is 0 Å². The van der Waals surface area contributed by atoms with Gasteiger partial charge in [0.25, 0.3) is 0 Å². The molecule has 1 aliphatic heterocycles. The van der Waals surface area contributed by atoms with Crippen molar-refractivity contribution in [2.45, 2.75) is 39.7 Å². The van der Waals surface area contributed by atoms with E-state index < -0.39 is 0 Å². The van der Waals surface area contributed by atoms with Crippen LogP contribution in [0, 0.1) is 13.8 Å². The summed E-state index contributed by atoms with van der Waals surface area (Å²) in [4.78, 5) is 14.9. The molecule has 0 aliphatic carbocycles. The Balaban J connectivity index is 1.62. The zero-order chi connectivity index (χ0) is 17.8. The molecule has 1 fully saturated rings. The number of aryl methyl sites for hydroxylation is 2. The number of fused-ring (bicyclic) bond motifs is 1. The molecule has 1 atom stereocenters. The molecule has 136 valence electrons. The molecule has 0 unspecified atom stereocenters. The molecule has 2 aromatic rings. The fourth-order valence-electron chi connectivity index (χ4n) is 3.35. The molecule has 5 heteroatoms. The third kappa shape index (κ3) is 4.22. The van der Waals surface area contributed by atoms with Crippen molar-refractivity contribution in [3.8, 4) is 0 Å². The number of hydrogen-bond donors (Lipinski definition) is 1. The summed E-state index contributed by atoms with van der Waals surface area (Å²) in [5, 5.41) is 4.22. The zero-order valence-electron chi connectivity index (χ0n) is 15.4. The highest BCUT2D eigenvalue weighted by molar-refractivity contribution is 5.89. The Hall–Kier alpha value is -1.85. The summed E-state index contributed by atoms with van der Waals surface area (Å²) in [7, 11) is 0. The average Bonchev–Trinajstić information content (AvgIpc) is 3.02. The van der Waals surface area contributed by atoms with Crippen molar-refractivity contribution in [3.05, 3.63) is 35.1 Å². The van der Waals surface area contributed by atoms with Crippen molar-refractivity contribution in [1.29, 1.82) is 0 Å². The van der Waals surface area contributed by atoms with Crippen molar-refractivity contribution in [3.63, 3.8) is 0 Å². The highest BCUT2D eigenvalue weighted by Crippen LogP contribution is 2.26. The van der Waals surface area contributed by atoms with Gasteiger partial charge in [-0.2, -0.15) is 0 Å². The van der Waals surface area contributed by atoms with Crippen molar-refractivity contribution < 1.29 is 13.9 Å². The highest BCUT2D eigenvalue weighted by atomic mass is 16.5. The molecular formula is C20H28N2O3. The first-order chi connectivity index (χ1) is 12.1. The predicted molar refractivity (Wildman–Crippen MR) is 98.9 cm³/mol. The van der Waals surface area contributed by atoms with Crippen LogP contribution in [-0.4, -0.2) is 49.7 Å². The molecule has 25 heavy (non-hydrogen) atoms. The van der Waals surface area contributed by atoms with Crippen LogP contribution in [0.2, 0.25) is 0 Å². The van der Waals surface area contributed by atoms with Crippen LogP contribution in [-0.2, 0) is 16.0 Å². The van der Waals surface area contributed by atoms with E-state index >= 15 is 0 Å². The van der Waals surface area contributed by atoms with Crippen molar-refractivity contribution >= 4 is 16.9 Å². The maximum Gasteiger partial charge on any atom is 0.224 e. The van der Waals surface area contributed by atoms with Gasteiger partial charge >= 0.3 is 0 Å². The number of ether oxygens (including phenoxy) is 1. The molecule has 0 saturated carbocycles. The van der Waals surface area contributed by atoms with Gasteiger partial charge in [0, 0.05) is 36.6 Å². The molecule has 1 aromatic heterocycles. The second kappa shape index (κ2) is 8.02. The quantitative estimate of drug-likeness (QED) is 0.875. The minimum absolute atomic E-state index is 0.0565. The second-order valence-electron chi connectivity index (χ2n) is 6.91. The predicted octanol–water partition coefficient (Wildman–Crippen LogP) is 2.82. The Bertz CT molecular complexity index is 732. The standard InChI is InChI=1S/C20H28N2O3/c1-4-17(12-22-7-9-24-10-8-22)21-19(23)11-16-13-25-20-15(3)14(2)5-6-18(16)20/h5-6,13,17H,4,7-12H2,1-3H3,(H,21,23)/t17-/m1/s1. The van der Waals surface area contributed by atoms with E-state index in [-0.39, 0.29) is 11.9 Å². The Labute approximate surface area is 149 Å². The van der Waals surface area contributed by atoms with E-state index in [9.17, 15) is 4.79 Å². The maximum atomic E-state index is 12.5. The van der Waals surface area contributed by atoms with E-state index in [2.05, 4.69) is 43.1 Å². The lowest BCUT2D eigenvalue weighted by Crippen LogP contribution is -2.47. The summed E-state index contributed by atoms with van der Waals surface area (Å²) in [5.74, 6) is 0.0565. The molecule has 3 rings (SSSR count). The van der Waals surface area contributed by atoms with Crippen LogP contribution < -0.4 is 5.32 Å². The van der Waals surface area contributed by atoms with Gasteiger partial charge in [-0.05, 0) is 31.4 Å². The average molecular weight is 344 g/mol. The lowest BCUT2D eigenvalue weighted by Gasteiger charge is -2.30. The van der Waals surface area contributed by atoms with E-state index in [1.54, 1.807) is 6.26 Å². The third-order valence-corrected chi connectivity index (χ3v) is 5.13. The zero-order valence-corrected chi connectivity index (χ0v) is 15.4. The van der Waals surface area contributed by atoms with Gasteiger partial charge in [0.1, 0.15) is 5.58 Å². The lowest BCUT2D eigenvalue weighted by molar-refractivity contribution is -0.121. The summed E-state index contributed by atoms with van der Waals surface area (Å²) < 4.78 is 11.1. The Morgan fingerprint density at radius 3 is 2.76 bits per heavy atom. The number of nitrogens with zero attached hydrogens (tertiary/aromatic N) is 1. The first kappa shape index (κ1) is 18.0. The van der Waals surface area contributed by atoms with E-state index in [1.165, 1.54) is 5.56 Å². The van der Waals surface area contributed by atoms with Gasteiger partial charge in [0.2, 0.25) is 5.91 Å². The van der Waals surface area contributed by atoms with Gasteiger partial charge in [0.15, 0.2) is 0 Å². The minimum Gasteiger partial charge on any atom is -0.464 e. The summed E-state index contributed by atoms with van der Waals surface area (Å²) in [6.07, 6.45) is 3.00. The summed E-state index contributed by atoms with van der Waals surface area (Å²) in [5.41, 5.74) is 4.19. The van der Waals surface area contributed by atoms with Crippen LogP contribution in [0.4, 0.5) is 0 Å². The normalized spacial score (nSPS) is 16.9. The van der Waals surface area contributed by atoms with Gasteiger partial charge in [0.05, 0.1) is 25.9 Å². The van der Waals surface area contributed by atoms with Gasteiger partial charge in [-0.15, -0.1) is 0 Å². The number of rotatable bonds is 6. The number of morpholine rings is 1. The van der Waals surface area contributed by atoms with Crippen LogP contribution in [0.5, 0.6) is 0 Å². The van der Waals surface area contributed by atoms with E-state index in [4.69, 9.17) is 9.15 Å². The molecule has 1 aliphatic rings. The van der Waals surface area contributed by atoms with Crippen LogP contribution in [0.3, 0.4) is 0 Å². The minimum atomic E-state index is 0.0565. The molecule has 2 heterocycles. The molecule has 0 bridgehead atoms. The smallest absolute Gasteiger partial charge is 0.224 e. The molecular weight excluding hydrogens is 316 g/mol. The van der Waals surface area contributed by atoms with Crippen LogP contribution >= 0.6 is 0 Å². The maximum absolute atomic E-state index is 12.5. The van der Waals surface area contributed by atoms with Crippen molar-refractivity contribution in [2.75, 3.05) is 32.8 Å².